The van der Waals surface area contributed by atoms with E-state index < -0.39 is 35.1 Å². The predicted molar refractivity (Wildman–Crippen MR) is 250 cm³/mol. The summed E-state index contributed by atoms with van der Waals surface area (Å²) in [7, 11) is -7.98. The number of carbonyl (C=O) groups excluding carboxylic acids is 2. The zero-order valence-corrected chi connectivity index (χ0v) is 41.9. The second kappa shape index (κ2) is 22.0. The van der Waals surface area contributed by atoms with Crippen molar-refractivity contribution < 1.29 is 44.3 Å². The number of halogens is 1. The Morgan fingerprint density at radius 1 is 0.769 bits per heavy atom. The summed E-state index contributed by atoms with van der Waals surface area (Å²) in [5.74, 6) is 3.11. The van der Waals surface area contributed by atoms with E-state index >= 15 is 0 Å². The number of thiazole rings is 1. The minimum atomic E-state index is -2.79. The minimum Gasteiger partial charge on any atom is -0.444 e. The summed E-state index contributed by atoms with van der Waals surface area (Å²) in [6, 6.07) is 4.23. The van der Waals surface area contributed by atoms with Crippen molar-refractivity contribution in [2.75, 3.05) is 123 Å². The molecular weight excluding hydrogens is 946 g/mol. The van der Waals surface area contributed by atoms with Gasteiger partial charge in [-0.1, -0.05) is 11.3 Å². The molecule has 8 rings (SSSR count). The smallest absolute Gasteiger partial charge is 0.410 e. The molecule has 364 valence electrons. The molecule has 2 aromatic rings. The molecule has 6 aliphatic rings. The highest BCUT2D eigenvalue weighted by Crippen LogP contribution is 2.25. The molecule has 2 amide bonds. The van der Waals surface area contributed by atoms with Gasteiger partial charge < -0.3 is 34.8 Å². The third-order valence-corrected chi connectivity index (χ3v) is 17.5. The average molecular weight is 1010 g/mol. The first-order valence-corrected chi connectivity index (χ1v) is 28.1. The lowest BCUT2D eigenvalue weighted by Crippen LogP contribution is -2.59. The van der Waals surface area contributed by atoms with Crippen LogP contribution in [0, 0.1) is 11.3 Å². The van der Waals surface area contributed by atoms with Gasteiger partial charge in [0.15, 0.2) is 24.8 Å². The lowest BCUT2D eigenvalue weighted by Gasteiger charge is -2.42. The quantitative estimate of drug-likeness (QED) is 0.320. The summed E-state index contributed by atoms with van der Waals surface area (Å²) >= 11 is 6.66. The van der Waals surface area contributed by atoms with E-state index in [0.29, 0.717) is 28.9 Å². The number of hydrogen-bond acceptors (Lipinski definition) is 19. The molecule has 0 bridgehead atoms. The molecule has 0 atom stereocenters. The van der Waals surface area contributed by atoms with Gasteiger partial charge in [-0.3, -0.25) is 9.80 Å². The number of nitriles is 1. The van der Waals surface area contributed by atoms with Crippen LogP contribution < -0.4 is 15.5 Å². The van der Waals surface area contributed by atoms with Crippen molar-refractivity contribution in [3.8, 4) is 6.07 Å². The van der Waals surface area contributed by atoms with Crippen LogP contribution in [0.3, 0.4) is 0 Å². The lowest BCUT2D eigenvalue weighted by molar-refractivity contribution is 0.0114. The summed E-state index contributed by atoms with van der Waals surface area (Å²) in [6.07, 6.45) is 2.54. The van der Waals surface area contributed by atoms with Gasteiger partial charge in [0.1, 0.15) is 51.6 Å². The average Bonchev–Trinajstić information content (AvgIpc) is 3.66. The van der Waals surface area contributed by atoms with Crippen molar-refractivity contribution in [1.29, 1.82) is 5.26 Å². The Morgan fingerprint density at radius 3 is 1.65 bits per heavy atom. The first-order chi connectivity index (χ1) is 30.3. The van der Waals surface area contributed by atoms with Crippen LogP contribution in [-0.2, 0) is 39.0 Å². The molecule has 0 saturated carbocycles. The van der Waals surface area contributed by atoms with Crippen molar-refractivity contribution in [1.82, 2.24) is 39.9 Å². The number of nitrogens with zero attached hydrogens (tertiary/aromatic N) is 9. The van der Waals surface area contributed by atoms with Crippen LogP contribution in [0.5, 0.6) is 0 Å². The third kappa shape index (κ3) is 17.2. The van der Waals surface area contributed by atoms with Gasteiger partial charge in [0.2, 0.25) is 0 Å². The van der Waals surface area contributed by atoms with E-state index in [-0.39, 0.29) is 69.8 Å². The maximum atomic E-state index is 11.9. The summed E-state index contributed by atoms with van der Waals surface area (Å²) in [4.78, 5) is 46.6. The van der Waals surface area contributed by atoms with Crippen LogP contribution in [0.1, 0.15) is 46.4 Å². The zero-order valence-electron chi connectivity index (χ0n) is 37.8. The minimum absolute atomic E-state index is 0.0440. The van der Waals surface area contributed by atoms with E-state index in [4.69, 9.17) is 30.5 Å². The third-order valence-electron chi connectivity index (χ3n) is 10.6. The van der Waals surface area contributed by atoms with Crippen LogP contribution in [-0.4, -0.2) is 214 Å². The van der Waals surface area contributed by atoms with E-state index in [9.17, 15) is 30.6 Å². The molecule has 0 spiro atoms. The molecule has 26 heteroatoms. The molecule has 6 saturated heterocycles. The zero-order chi connectivity index (χ0) is 47.8. The fraction of sp³-hybridized carbons (Fsp3) is 0.744. The largest absolute Gasteiger partial charge is 0.444 e. The van der Waals surface area contributed by atoms with E-state index in [1.807, 2.05) is 47.6 Å². The number of piperazine rings is 3. The number of rotatable bonds is 5. The first kappa shape index (κ1) is 52.3. The molecule has 0 aliphatic carbocycles. The van der Waals surface area contributed by atoms with E-state index in [0.717, 1.165) is 71.3 Å². The Bertz CT molecular complexity index is 2280. The number of ether oxygens (including phenoxy) is 2. The second-order valence-electron chi connectivity index (χ2n) is 18.4. The molecule has 0 unspecified atom stereocenters. The molecule has 0 aromatic carbocycles. The summed E-state index contributed by atoms with van der Waals surface area (Å²) in [6.45, 7) is 20.3. The predicted octanol–water partition coefficient (Wildman–Crippen LogP) is 1.81. The van der Waals surface area contributed by atoms with Crippen LogP contribution >= 0.6 is 22.9 Å². The van der Waals surface area contributed by atoms with E-state index in [2.05, 4.69) is 46.4 Å². The van der Waals surface area contributed by atoms with E-state index in [1.165, 1.54) is 23.9 Å². The van der Waals surface area contributed by atoms with Gasteiger partial charge in [-0.15, -0.1) is 11.6 Å². The van der Waals surface area contributed by atoms with Crippen molar-refractivity contribution >= 4 is 81.4 Å². The molecule has 3 N–H and O–H groups in total. The fourth-order valence-electron chi connectivity index (χ4n) is 7.18. The van der Waals surface area contributed by atoms with Crippen LogP contribution in [0.4, 0.5) is 26.4 Å². The molecular formula is C39H63ClN11O10S4+. The van der Waals surface area contributed by atoms with Crippen molar-refractivity contribution in [2.45, 2.75) is 70.2 Å². The number of anilines is 3. The fourth-order valence-corrected chi connectivity index (χ4v) is 13.0. The van der Waals surface area contributed by atoms with Gasteiger partial charge in [-0.2, -0.15) is 9.47 Å². The molecule has 6 fully saturated rings. The molecule has 6 aliphatic heterocycles. The summed E-state index contributed by atoms with van der Waals surface area (Å²) in [5, 5.41) is 15.7. The Hall–Kier alpha value is -3.64. The van der Waals surface area contributed by atoms with Gasteiger partial charge in [0.25, 0.3) is 9.84 Å². The normalized spacial score (nSPS) is 24.6. The number of carbonyl (C=O) groups is 2. The maximum Gasteiger partial charge on any atom is 0.410 e. The number of amides is 2. The second-order valence-corrected chi connectivity index (χ2v) is 26.6. The topological polar surface area (TPSA) is 262 Å². The monoisotopic (exact) mass is 1010 g/mol. The van der Waals surface area contributed by atoms with Gasteiger partial charge in [-0.05, 0) is 41.5 Å². The lowest BCUT2D eigenvalue weighted by atomic mass is 10.2. The Morgan fingerprint density at radius 2 is 1.25 bits per heavy atom. The van der Waals surface area contributed by atoms with Crippen LogP contribution in [0.2, 0.25) is 0 Å². The SMILES string of the molecule is CC(C)(C)OC(=O)N1CCN(C2CS(=O)(=O)C2)CC1.CC(C)(C)OC(=O)N1CCNCC1.N#Cc1cnc(Nc2cc(N3CCN(C4CS(=O)(=O)C4)CC3)ncn2)s1.O=S1(=[OH+])CC(Cl)C1. The number of aromatic nitrogens is 3. The maximum absolute atomic E-state index is 11.9. The number of alkyl halides is 1. The molecule has 65 heavy (non-hydrogen) atoms. The van der Waals surface area contributed by atoms with Gasteiger partial charge in [-0.25, -0.2) is 45.6 Å². The highest BCUT2D eigenvalue weighted by molar-refractivity contribution is 7.93. The van der Waals surface area contributed by atoms with E-state index in [1.54, 1.807) is 9.80 Å². The molecule has 8 heterocycles. The highest BCUT2D eigenvalue weighted by atomic mass is 35.5. The van der Waals surface area contributed by atoms with Crippen molar-refractivity contribution in [3.05, 3.63) is 23.5 Å². The Labute approximate surface area is 391 Å². The Kier molecular flexibility index (Phi) is 17.7. The van der Waals surface area contributed by atoms with Crippen LogP contribution in [0.25, 0.3) is 0 Å². The van der Waals surface area contributed by atoms with Crippen molar-refractivity contribution in [2.24, 2.45) is 0 Å². The van der Waals surface area contributed by atoms with Crippen LogP contribution in [0.15, 0.2) is 18.6 Å². The van der Waals surface area contributed by atoms with Gasteiger partial charge >= 0.3 is 12.2 Å². The number of hydrogen-bond donors (Lipinski definition) is 2. The van der Waals surface area contributed by atoms with Crippen molar-refractivity contribution in [3.63, 3.8) is 0 Å². The number of sulfone groups is 2. The first-order valence-electron chi connectivity index (χ1n) is 21.4. The van der Waals surface area contributed by atoms with Gasteiger partial charge in [0.05, 0.1) is 34.6 Å². The Balaban J connectivity index is 0.000000178. The molecule has 21 nitrogen and oxygen atoms in total. The molecule has 0 radical (unpaired) electrons. The number of nitrogens with one attached hydrogen (secondary N) is 2. The highest BCUT2D eigenvalue weighted by Gasteiger charge is 2.40. The molecule has 2 aromatic heterocycles. The summed E-state index contributed by atoms with van der Waals surface area (Å²) in [5.41, 5.74) is -0.863. The standard InChI is InChI=1S/C15H17N7O2S2.C12H22N2O4S.C9H18N2O2.C3H5ClO2S/c16-6-12-7-17-15(25-12)20-13-5-14(19-10-18-13)22-3-1-21(2-4-22)11-8-26(23,24)9-11;1-12(2,3)18-11(15)14-6-4-13(5-7-14)10-8-19(16,17)9-10;1-9(2,3)13-8(12)11-6-4-10-5-7-11;4-3-1-7(5,6)2-3/h5,7,10-11H,1-4,8-9H2,(H,17,18,19,20);10H,4-9H2,1-3H3;10H,4-7H2,1-3H3;3H,1-2H2/p+1. The summed E-state index contributed by atoms with van der Waals surface area (Å²) < 4.78 is 74.4. The van der Waals surface area contributed by atoms with Gasteiger partial charge in [0, 0.05) is 96.7 Å².